The summed E-state index contributed by atoms with van der Waals surface area (Å²) in [5.41, 5.74) is -1.84. The van der Waals surface area contributed by atoms with E-state index in [1.165, 1.54) is 4.90 Å². The molecule has 0 spiro atoms. The van der Waals surface area contributed by atoms with Gasteiger partial charge in [0.2, 0.25) is 0 Å². The molecule has 0 aromatic heterocycles. The Labute approximate surface area is 126 Å². The number of anilines is 1. The molecular formula is C15H18F4N2O. The van der Waals surface area contributed by atoms with Gasteiger partial charge in [-0.3, -0.25) is 0 Å². The molecule has 0 saturated heterocycles. The standard InChI is InChI=1S/C15H18F4N2O/c1-21(10-6-3-2-4-7-10)14(22)20-12-9-5-8-11(13(12)16)15(17,18)19/h5,8-10H,2-4,6-7H2,1H3,(H,20,22). The molecule has 2 amide bonds. The van der Waals surface area contributed by atoms with Crippen LogP contribution in [0.2, 0.25) is 0 Å². The molecule has 0 bridgehead atoms. The summed E-state index contributed by atoms with van der Waals surface area (Å²) in [4.78, 5) is 13.5. The number of hydrogen-bond acceptors (Lipinski definition) is 1. The summed E-state index contributed by atoms with van der Waals surface area (Å²) in [6, 6.07) is 2.29. The molecule has 0 heterocycles. The van der Waals surface area contributed by atoms with Crippen molar-refractivity contribution in [2.75, 3.05) is 12.4 Å². The molecule has 1 N–H and O–H groups in total. The van der Waals surface area contributed by atoms with Crippen LogP contribution in [0.1, 0.15) is 37.7 Å². The van der Waals surface area contributed by atoms with Crippen molar-refractivity contribution in [1.82, 2.24) is 4.90 Å². The van der Waals surface area contributed by atoms with Gasteiger partial charge in [-0.25, -0.2) is 9.18 Å². The van der Waals surface area contributed by atoms with Gasteiger partial charge in [0.1, 0.15) is 0 Å². The maximum absolute atomic E-state index is 13.9. The number of benzene rings is 1. The zero-order valence-electron chi connectivity index (χ0n) is 12.2. The van der Waals surface area contributed by atoms with Crippen LogP contribution in [0.15, 0.2) is 18.2 Å². The van der Waals surface area contributed by atoms with E-state index < -0.39 is 29.3 Å². The lowest BCUT2D eigenvalue weighted by atomic mass is 9.95. The van der Waals surface area contributed by atoms with Gasteiger partial charge in [-0.15, -0.1) is 0 Å². The number of halogens is 4. The molecular weight excluding hydrogens is 300 g/mol. The minimum Gasteiger partial charge on any atom is -0.325 e. The van der Waals surface area contributed by atoms with E-state index in [4.69, 9.17) is 0 Å². The van der Waals surface area contributed by atoms with Gasteiger partial charge in [0.05, 0.1) is 11.3 Å². The molecule has 1 aromatic carbocycles. The van der Waals surface area contributed by atoms with E-state index in [9.17, 15) is 22.4 Å². The van der Waals surface area contributed by atoms with Crippen LogP contribution in [0.4, 0.5) is 28.0 Å². The average molecular weight is 318 g/mol. The molecule has 0 atom stereocenters. The Kier molecular flexibility index (Phi) is 4.93. The largest absolute Gasteiger partial charge is 0.419 e. The fraction of sp³-hybridized carbons (Fsp3) is 0.533. The Bertz CT molecular complexity index is 539. The van der Waals surface area contributed by atoms with Crippen molar-refractivity contribution in [3.05, 3.63) is 29.6 Å². The van der Waals surface area contributed by atoms with E-state index in [-0.39, 0.29) is 6.04 Å². The summed E-state index contributed by atoms with van der Waals surface area (Å²) in [7, 11) is 1.58. The van der Waals surface area contributed by atoms with Gasteiger partial charge >= 0.3 is 12.2 Å². The van der Waals surface area contributed by atoms with E-state index in [1.54, 1.807) is 7.05 Å². The molecule has 22 heavy (non-hydrogen) atoms. The average Bonchev–Trinajstić information content (AvgIpc) is 2.48. The lowest BCUT2D eigenvalue weighted by Crippen LogP contribution is -2.41. The number of carbonyl (C=O) groups excluding carboxylic acids is 1. The van der Waals surface area contributed by atoms with Crippen molar-refractivity contribution < 1.29 is 22.4 Å². The van der Waals surface area contributed by atoms with Crippen molar-refractivity contribution in [1.29, 1.82) is 0 Å². The van der Waals surface area contributed by atoms with Crippen molar-refractivity contribution in [3.63, 3.8) is 0 Å². The first-order chi connectivity index (χ1) is 10.3. The SMILES string of the molecule is CN(C(=O)Nc1cccc(C(F)(F)F)c1F)C1CCCCC1. The van der Waals surface area contributed by atoms with Crippen molar-refractivity contribution in [2.45, 2.75) is 44.3 Å². The summed E-state index contributed by atoms with van der Waals surface area (Å²) in [6.45, 7) is 0. The zero-order chi connectivity index (χ0) is 16.3. The maximum atomic E-state index is 13.9. The predicted octanol–water partition coefficient (Wildman–Crippen LogP) is 4.64. The summed E-state index contributed by atoms with van der Waals surface area (Å²) in [6.07, 6.45) is 0.0682. The van der Waals surface area contributed by atoms with Gasteiger partial charge in [-0.2, -0.15) is 13.2 Å². The monoisotopic (exact) mass is 318 g/mol. The summed E-state index contributed by atoms with van der Waals surface area (Å²) < 4.78 is 51.8. The minimum atomic E-state index is -4.79. The Hall–Kier alpha value is -1.79. The van der Waals surface area contributed by atoms with Crippen molar-refractivity contribution in [2.24, 2.45) is 0 Å². The first kappa shape index (κ1) is 16.6. The molecule has 0 aliphatic heterocycles. The quantitative estimate of drug-likeness (QED) is 0.792. The van der Waals surface area contributed by atoms with Gasteiger partial charge in [0.25, 0.3) is 0 Å². The Balaban J connectivity index is 2.11. The number of carbonyl (C=O) groups is 1. The number of nitrogens with zero attached hydrogens (tertiary/aromatic N) is 1. The molecule has 122 valence electrons. The second kappa shape index (κ2) is 6.54. The molecule has 0 unspecified atom stereocenters. The van der Waals surface area contributed by atoms with Crippen LogP contribution in [0.5, 0.6) is 0 Å². The predicted molar refractivity (Wildman–Crippen MR) is 75.1 cm³/mol. The second-order valence-corrected chi connectivity index (χ2v) is 5.50. The van der Waals surface area contributed by atoms with Crippen LogP contribution < -0.4 is 5.32 Å². The normalized spacial score (nSPS) is 16.4. The van der Waals surface area contributed by atoms with Crippen LogP contribution in [-0.2, 0) is 6.18 Å². The molecule has 1 aromatic rings. The third-order valence-corrected chi connectivity index (χ3v) is 3.99. The van der Waals surface area contributed by atoms with E-state index in [0.29, 0.717) is 6.07 Å². The highest BCUT2D eigenvalue weighted by molar-refractivity contribution is 5.89. The first-order valence-electron chi connectivity index (χ1n) is 7.20. The lowest BCUT2D eigenvalue weighted by Gasteiger charge is -2.31. The van der Waals surface area contributed by atoms with E-state index in [0.717, 1.165) is 44.2 Å². The highest BCUT2D eigenvalue weighted by atomic mass is 19.4. The molecule has 1 saturated carbocycles. The molecule has 1 aliphatic rings. The lowest BCUT2D eigenvalue weighted by molar-refractivity contribution is -0.139. The molecule has 7 heteroatoms. The summed E-state index contributed by atoms with van der Waals surface area (Å²) in [5, 5.41) is 2.23. The highest BCUT2D eigenvalue weighted by Crippen LogP contribution is 2.34. The van der Waals surface area contributed by atoms with Gasteiger partial charge < -0.3 is 10.2 Å². The smallest absolute Gasteiger partial charge is 0.325 e. The first-order valence-corrected chi connectivity index (χ1v) is 7.20. The Morgan fingerprint density at radius 1 is 1.23 bits per heavy atom. The topological polar surface area (TPSA) is 32.3 Å². The molecule has 3 nitrogen and oxygen atoms in total. The van der Waals surface area contributed by atoms with Crippen molar-refractivity contribution >= 4 is 11.7 Å². The van der Waals surface area contributed by atoms with Gasteiger partial charge in [-0.1, -0.05) is 25.3 Å². The van der Waals surface area contributed by atoms with E-state index in [1.807, 2.05) is 0 Å². The summed E-state index contributed by atoms with van der Waals surface area (Å²) >= 11 is 0. The molecule has 0 radical (unpaired) electrons. The molecule has 1 aliphatic carbocycles. The fourth-order valence-corrected chi connectivity index (χ4v) is 2.68. The Morgan fingerprint density at radius 2 is 1.86 bits per heavy atom. The molecule has 1 fully saturated rings. The number of amides is 2. The molecule has 2 rings (SSSR count). The van der Waals surface area contributed by atoms with Crippen LogP contribution in [0.25, 0.3) is 0 Å². The van der Waals surface area contributed by atoms with Crippen LogP contribution >= 0.6 is 0 Å². The maximum Gasteiger partial charge on any atom is 0.419 e. The van der Waals surface area contributed by atoms with Crippen molar-refractivity contribution in [3.8, 4) is 0 Å². The fourth-order valence-electron chi connectivity index (χ4n) is 2.68. The number of nitrogens with one attached hydrogen (secondary N) is 1. The van der Waals surface area contributed by atoms with Crippen LogP contribution in [0.3, 0.4) is 0 Å². The van der Waals surface area contributed by atoms with E-state index in [2.05, 4.69) is 5.32 Å². The van der Waals surface area contributed by atoms with Gasteiger partial charge in [0.15, 0.2) is 5.82 Å². The van der Waals surface area contributed by atoms with Crippen LogP contribution in [-0.4, -0.2) is 24.0 Å². The van der Waals surface area contributed by atoms with E-state index >= 15 is 0 Å². The second-order valence-electron chi connectivity index (χ2n) is 5.50. The zero-order valence-corrected chi connectivity index (χ0v) is 12.2. The third kappa shape index (κ3) is 3.69. The van der Waals surface area contributed by atoms with Crippen LogP contribution in [0, 0.1) is 5.82 Å². The number of rotatable bonds is 2. The van der Waals surface area contributed by atoms with Gasteiger partial charge in [0, 0.05) is 13.1 Å². The van der Waals surface area contributed by atoms with Gasteiger partial charge in [-0.05, 0) is 25.0 Å². The Morgan fingerprint density at radius 3 is 2.45 bits per heavy atom. The minimum absolute atomic E-state index is 0.0441. The highest BCUT2D eigenvalue weighted by Gasteiger charge is 2.35. The number of alkyl halides is 3. The number of urea groups is 1. The number of hydrogen-bond donors (Lipinski definition) is 1. The third-order valence-electron chi connectivity index (χ3n) is 3.99. The summed E-state index contributed by atoms with van der Waals surface area (Å²) in [5.74, 6) is -1.46.